The lowest BCUT2D eigenvalue weighted by Crippen LogP contribution is -2.31. The van der Waals surface area contributed by atoms with Crippen molar-refractivity contribution in [2.24, 2.45) is 11.8 Å². The third-order valence-corrected chi connectivity index (χ3v) is 3.39. The molecule has 0 saturated heterocycles. The number of nitrogens with two attached hydrogens (primary N) is 1. The second kappa shape index (κ2) is 6.98. The molecule has 0 saturated carbocycles. The molecule has 0 aliphatic heterocycles. The van der Waals surface area contributed by atoms with E-state index in [1.165, 1.54) is 12.4 Å². The number of hydrogen-bond donors (Lipinski definition) is 2. The van der Waals surface area contributed by atoms with Gasteiger partial charge in [0.25, 0.3) is 0 Å². The molecule has 0 aliphatic rings. The summed E-state index contributed by atoms with van der Waals surface area (Å²) in [5, 5.41) is 4.55. The van der Waals surface area contributed by atoms with Gasteiger partial charge in [0.1, 0.15) is 18.0 Å². The summed E-state index contributed by atoms with van der Waals surface area (Å²) in [6.45, 7) is 4.96. The third-order valence-electron chi connectivity index (χ3n) is 3.16. The Hall–Kier alpha value is -1.50. The molecule has 1 atom stereocenters. The normalized spacial score (nSPS) is 12.9. The fraction of sp³-hybridized carbons (Fsp3) is 0.429. The Morgan fingerprint density at radius 3 is 2.81 bits per heavy atom. The van der Waals surface area contributed by atoms with Crippen LogP contribution in [0.3, 0.4) is 0 Å². The minimum absolute atomic E-state index is 0.356. The summed E-state index contributed by atoms with van der Waals surface area (Å²) in [5.41, 5.74) is 3.09. The van der Waals surface area contributed by atoms with Gasteiger partial charge in [0.2, 0.25) is 0 Å². The Bertz CT molecular complexity index is 599. The molecule has 1 aromatic carbocycles. The van der Waals surface area contributed by atoms with Gasteiger partial charge in [-0.05, 0) is 18.1 Å². The molecule has 7 heteroatoms. The first kappa shape index (κ1) is 15.9. The molecule has 0 bridgehead atoms. The van der Waals surface area contributed by atoms with Gasteiger partial charge in [-0.3, -0.25) is 11.3 Å². The summed E-state index contributed by atoms with van der Waals surface area (Å²) in [5.74, 6) is 6.40. The fourth-order valence-electron chi connectivity index (χ4n) is 2.17. The van der Waals surface area contributed by atoms with Gasteiger partial charge in [-0.2, -0.15) is 5.10 Å². The molecule has 5 nitrogen and oxygen atoms in total. The van der Waals surface area contributed by atoms with E-state index in [0.29, 0.717) is 22.9 Å². The van der Waals surface area contributed by atoms with Crippen molar-refractivity contribution in [1.82, 2.24) is 20.2 Å². The van der Waals surface area contributed by atoms with Crippen LogP contribution in [0, 0.1) is 11.7 Å². The zero-order valence-corrected chi connectivity index (χ0v) is 12.8. The molecule has 1 unspecified atom stereocenters. The number of halogens is 2. The molecule has 1 aromatic heterocycles. The number of nitrogens with zero attached hydrogens (tertiary/aromatic N) is 3. The number of hydrogen-bond acceptors (Lipinski definition) is 4. The van der Waals surface area contributed by atoms with Gasteiger partial charge >= 0.3 is 0 Å². The van der Waals surface area contributed by atoms with E-state index in [1.807, 2.05) is 4.68 Å². The van der Waals surface area contributed by atoms with E-state index in [9.17, 15) is 4.39 Å². The average molecular weight is 312 g/mol. The zero-order valence-electron chi connectivity index (χ0n) is 12.1. The second-order valence-electron chi connectivity index (χ2n) is 5.34. The minimum Gasteiger partial charge on any atom is -0.271 e. The van der Waals surface area contributed by atoms with Gasteiger partial charge in [0.15, 0.2) is 0 Å². The van der Waals surface area contributed by atoms with Crippen molar-refractivity contribution in [3.8, 4) is 0 Å². The Balaban J connectivity index is 2.21. The van der Waals surface area contributed by atoms with Crippen molar-refractivity contribution in [2.45, 2.75) is 32.9 Å². The third kappa shape index (κ3) is 4.00. The van der Waals surface area contributed by atoms with Gasteiger partial charge in [-0.1, -0.05) is 31.5 Å². The summed E-state index contributed by atoms with van der Waals surface area (Å²) in [7, 11) is 0. The number of hydrazine groups is 1. The lowest BCUT2D eigenvalue weighted by atomic mass is 10.0. The van der Waals surface area contributed by atoms with Gasteiger partial charge in [-0.15, -0.1) is 0 Å². The molecule has 2 rings (SSSR count). The first-order valence-corrected chi connectivity index (χ1v) is 7.16. The highest BCUT2D eigenvalue weighted by Crippen LogP contribution is 2.23. The van der Waals surface area contributed by atoms with Crippen LogP contribution >= 0.6 is 11.6 Å². The lowest BCUT2D eigenvalue weighted by molar-refractivity contribution is 0.441. The van der Waals surface area contributed by atoms with Crippen LogP contribution in [-0.2, 0) is 13.0 Å². The van der Waals surface area contributed by atoms with Crippen LogP contribution < -0.4 is 11.3 Å². The van der Waals surface area contributed by atoms with Crippen LogP contribution in [-0.4, -0.2) is 14.8 Å². The topological polar surface area (TPSA) is 68.8 Å². The smallest absolute Gasteiger partial charge is 0.138 e. The van der Waals surface area contributed by atoms with Gasteiger partial charge < -0.3 is 0 Å². The van der Waals surface area contributed by atoms with Crippen molar-refractivity contribution in [1.29, 1.82) is 0 Å². The largest absolute Gasteiger partial charge is 0.271 e. The minimum atomic E-state index is -0.391. The van der Waals surface area contributed by atoms with Crippen LogP contribution in [0.2, 0.25) is 5.02 Å². The van der Waals surface area contributed by atoms with Crippen molar-refractivity contribution in [3.63, 3.8) is 0 Å². The highest BCUT2D eigenvalue weighted by molar-refractivity contribution is 6.30. The van der Waals surface area contributed by atoms with Gasteiger partial charge in [0, 0.05) is 23.6 Å². The fourth-order valence-corrected chi connectivity index (χ4v) is 2.33. The van der Waals surface area contributed by atoms with Crippen molar-refractivity contribution in [2.75, 3.05) is 0 Å². The molecule has 1 heterocycles. The van der Waals surface area contributed by atoms with Crippen molar-refractivity contribution >= 4 is 11.6 Å². The molecular formula is C14H19ClFN5. The van der Waals surface area contributed by atoms with Gasteiger partial charge in [0.05, 0.1) is 6.04 Å². The molecule has 21 heavy (non-hydrogen) atoms. The maximum Gasteiger partial charge on any atom is 0.138 e. The highest BCUT2D eigenvalue weighted by atomic mass is 35.5. The molecule has 0 amide bonds. The standard InChI is InChI=1S/C14H19ClFN5/c1-9(2)7-21-14(18-8-19-21)6-13(20-17)11-4-3-10(15)5-12(11)16/h3-5,8-9,13,20H,6-7,17H2,1-2H3. The number of benzene rings is 1. The van der Waals surface area contributed by atoms with Crippen LogP contribution in [0.25, 0.3) is 0 Å². The highest BCUT2D eigenvalue weighted by Gasteiger charge is 2.18. The van der Waals surface area contributed by atoms with E-state index in [-0.39, 0.29) is 5.82 Å². The Kier molecular flexibility index (Phi) is 5.27. The van der Waals surface area contributed by atoms with Crippen molar-refractivity contribution in [3.05, 3.63) is 46.8 Å². The molecular weight excluding hydrogens is 293 g/mol. The van der Waals surface area contributed by atoms with E-state index >= 15 is 0 Å². The number of aromatic nitrogens is 3. The number of rotatable bonds is 6. The van der Waals surface area contributed by atoms with Crippen molar-refractivity contribution < 1.29 is 4.39 Å². The van der Waals surface area contributed by atoms with E-state index in [4.69, 9.17) is 17.4 Å². The van der Waals surface area contributed by atoms with Crippen LogP contribution in [0.15, 0.2) is 24.5 Å². The quantitative estimate of drug-likeness (QED) is 0.635. The monoisotopic (exact) mass is 311 g/mol. The molecule has 2 aromatic rings. The molecule has 0 fully saturated rings. The van der Waals surface area contributed by atoms with Crippen LogP contribution in [0.5, 0.6) is 0 Å². The van der Waals surface area contributed by atoms with E-state index in [0.717, 1.165) is 12.4 Å². The second-order valence-corrected chi connectivity index (χ2v) is 5.78. The first-order valence-electron chi connectivity index (χ1n) is 6.79. The summed E-state index contributed by atoms with van der Waals surface area (Å²) in [6.07, 6.45) is 1.95. The average Bonchev–Trinajstić information content (AvgIpc) is 2.83. The molecule has 114 valence electrons. The van der Waals surface area contributed by atoms with E-state index in [1.54, 1.807) is 12.1 Å². The summed E-state index contributed by atoms with van der Waals surface area (Å²) >= 11 is 5.77. The molecule has 0 aliphatic carbocycles. The molecule has 0 radical (unpaired) electrons. The lowest BCUT2D eigenvalue weighted by Gasteiger charge is -2.17. The Labute approximate surface area is 128 Å². The van der Waals surface area contributed by atoms with Crippen LogP contribution in [0.4, 0.5) is 4.39 Å². The predicted octanol–water partition coefficient (Wildman–Crippen LogP) is 2.47. The maximum absolute atomic E-state index is 14.0. The number of nitrogens with one attached hydrogen (secondary N) is 1. The summed E-state index contributed by atoms with van der Waals surface area (Å²) in [6, 6.07) is 4.16. The summed E-state index contributed by atoms with van der Waals surface area (Å²) in [4.78, 5) is 4.24. The Morgan fingerprint density at radius 2 is 2.19 bits per heavy atom. The van der Waals surface area contributed by atoms with Crippen LogP contribution in [0.1, 0.15) is 31.3 Å². The zero-order chi connectivity index (χ0) is 15.4. The first-order chi connectivity index (χ1) is 10.0. The van der Waals surface area contributed by atoms with Gasteiger partial charge in [-0.25, -0.2) is 14.1 Å². The summed E-state index contributed by atoms with van der Waals surface area (Å²) < 4.78 is 15.8. The molecule has 3 N–H and O–H groups in total. The van der Waals surface area contributed by atoms with E-state index in [2.05, 4.69) is 29.4 Å². The SMILES string of the molecule is CC(C)Cn1ncnc1CC(NN)c1ccc(Cl)cc1F. The predicted molar refractivity (Wildman–Crippen MR) is 80.0 cm³/mol. The molecule has 0 spiro atoms. The van der Waals surface area contributed by atoms with E-state index < -0.39 is 6.04 Å². The Morgan fingerprint density at radius 1 is 1.43 bits per heavy atom. The maximum atomic E-state index is 14.0.